The van der Waals surface area contributed by atoms with E-state index in [-0.39, 0.29) is 5.41 Å². The first kappa shape index (κ1) is 12.7. The molecule has 14 heavy (non-hydrogen) atoms. The molecule has 2 N–H and O–H groups in total. The molecule has 0 aromatic heterocycles. The van der Waals surface area contributed by atoms with Crippen LogP contribution in [0, 0.1) is 5.41 Å². The Kier molecular flexibility index (Phi) is 4.24. The fourth-order valence-electron chi connectivity index (χ4n) is 1.50. The standard InChI is InChI=1S/C11H23NS2/c1-10(2,3)9(12)8-11(4)13-6-5-7-14-11/h9H,5-8,12H2,1-4H3. The van der Waals surface area contributed by atoms with Gasteiger partial charge < -0.3 is 5.73 Å². The van der Waals surface area contributed by atoms with Crippen molar-refractivity contribution < 1.29 is 0 Å². The lowest BCUT2D eigenvalue weighted by atomic mass is 9.85. The monoisotopic (exact) mass is 233 g/mol. The molecule has 1 aliphatic heterocycles. The molecule has 0 saturated carbocycles. The Labute approximate surface area is 97.0 Å². The first-order chi connectivity index (χ1) is 6.33. The Hall–Kier alpha value is 0.660. The zero-order valence-electron chi connectivity index (χ0n) is 9.80. The van der Waals surface area contributed by atoms with Crippen LogP contribution in [0.3, 0.4) is 0 Å². The van der Waals surface area contributed by atoms with Crippen molar-refractivity contribution in [1.29, 1.82) is 0 Å². The summed E-state index contributed by atoms with van der Waals surface area (Å²) in [6, 6.07) is 0.311. The summed E-state index contributed by atoms with van der Waals surface area (Å²) in [4.78, 5) is 0. The third-order valence-corrected chi connectivity index (χ3v) is 6.05. The third-order valence-electron chi connectivity index (χ3n) is 2.81. The molecule has 1 aliphatic rings. The zero-order chi connectivity index (χ0) is 10.8. The van der Waals surface area contributed by atoms with Crippen molar-refractivity contribution in [2.24, 2.45) is 11.1 Å². The van der Waals surface area contributed by atoms with Crippen LogP contribution in [0.1, 0.15) is 40.5 Å². The van der Waals surface area contributed by atoms with Crippen LogP contribution in [-0.2, 0) is 0 Å². The lowest BCUT2D eigenvalue weighted by Gasteiger charge is -2.38. The van der Waals surface area contributed by atoms with Crippen molar-refractivity contribution in [3.63, 3.8) is 0 Å². The van der Waals surface area contributed by atoms with E-state index in [0.29, 0.717) is 10.1 Å². The maximum atomic E-state index is 6.24. The van der Waals surface area contributed by atoms with Crippen LogP contribution in [0.2, 0.25) is 0 Å². The first-order valence-corrected chi connectivity index (χ1v) is 7.34. The van der Waals surface area contributed by atoms with E-state index in [9.17, 15) is 0 Å². The van der Waals surface area contributed by atoms with Crippen molar-refractivity contribution in [3.8, 4) is 0 Å². The van der Waals surface area contributed by atoms with E-state index >= 15 is 0 Å². The second-order valence-electron chi connectivity index (χ2n) is 5.36. The molecule has 1 atom stereocenters. The van der Waals surface area contributed by atoms with E-state index in [4.69, 9.17) is 5.73 Å². The van der Waals surface area contributed by atoms with Crippen molar-refractivity contribution in [1.82, 2.24) is 0 Å². The van der Waals surface area contributed by atoms with Gasteiger partial charge in [-0.1, -0.05) is 20.8 Å². The normalized spacial score (nSPS) is 24.6. The smallest absolute Gasteiger partial charge is 0.0598 e. The molecule has 1 nitrogen and oxygen atoms in total. The average molecular weight is 233 g/mol. The van der Waals surface area contributed by atoms with Gasteiger partial charge in [-0.3, -0.25) is 0 Å². The molecule has 1 unspecified atom stereocenters. The highest BCUT2D eigenvalue weighted by Crippen LogP contribution is 2.46. The van der Waals surface area contributed by atoms with E-state index in [1.165, 1.54) is 17.9 Å². The van der Waals surface area contributed by atoms with Crippen LogP contribution in [0.4, 0.5) is 0 Å². The first-order valence-electron chi connectivity index (χ1n) is 5.37. The minimum Gasteiger partial charge on any atom is -0.327 e. The van der Waals surface area contributed by atoms with Crippen LogP contribution in [-0.4, -0.2) is 21.6 Å². The lowest BCUT2D eigenvalue weighted by Crippen LogP contribution is -2.40. The van der Waals surface area contributed by atoms with Gasteiger partial charge in [0.2, 0.25) is 0 Å². The van der Waals surface area contributed by atoms with Crippen molar-refractivity contribution in [2.45, 2.75) is 50.7 Å². The van der Waals surface area contributed by atoms with E-state index in [2.05, 4.69) is 51.2 Å². The molecule has 1 rings (SSSR count). The molecule has 3 heteroatoms. The van der Waals surface area contributed by atoms with Gasteiger partial charge in [-0.15, -0.1) is 23.5 Å². The Morgan fingerprint density at radius 2 is 1.79 bits per heavy atom. The average Bonchev–Trinajstić information content (AvgIpc) is 2.02. The number of hydrogen-bond acceptors (Lipinski definition) is 3. The van der Waals surface area contributed by atoms with Crippen molar-refractivity contribution in [2.75, 3.05) is 11.5 Å². The minimum absolute atomic E-state index is 0.238. The van der Waals surface area contributed by atoms with Gasteiger partial charge in [0.25, 0.3) is 0 Å². The van der Waals surface area contributed by atoms with Crippen LogP contribution in [0.5, 0.6) is 0 Å². The zero-order valence-corrected chi connectivity index (χ0v) is 11.4. The molecule has 0 bridgehead atoms. The fraction of sp³-hybridized carbons (Fsp3) is 1.00. The van der Waals surface area contributed by atoms with E-state index in [1.807, 2.05) is 0 Å². The largest absolute Gasteiger partial charge is 0.327 e. The molecule has 1 saturated heterocycles. The second kappa shape index (κ2) is 4.67. The molecule has 84 valence electrons. The Balaban J connectivity index is 2.49. The highest BCUT2D eigenvalue weighted by molar-refractivity contribution is 8.18. The molecule has 0 radical (unpaired) electrons. The van der Waals surface area contributed by atoms with Gasteiger partial charge in [0.1, 0.15) is 0 Å². The van der Waals surface area contributed by atoms with Crippen molar-refractivity contribution in [3.05, 3.63) is 0 Å². The number of nitrogens with two attached hydrogens (primary N) is 1. The molecule has 0 aromatic carbocycles. The number of hydrogen-bond donors (Lipinski definition) is 1. The SMILES string of the molecule is CC1(CC(N)C(C)(C)C)SCCCS1. The maximum absolute atomic E-state index is 6.24. The van der Waals surface area contributed by atoms with Gasteiger partial charge in [0, 0.05) is 6.04 Å². The summed E-state index contributed by atoms with van der Waals surface area (Å²) in [7, 11) is 0. The molecule has 0 aliphatic carbocycles. The number of rotatable bonds is 2. The molecular formula is C11H23NS2. The van der Waals surface area contributed by atoms with E-state index in [0.717, 1.165) is 6.42 Å². The summed E-state index contributed by atoms with van der Waals surface area (Å²) in [6.07, 6.45) is 2.49. The lowest BCUT2D eigenvalue weighted by molar-refractivity contribution is 0.302. The summed E-state index contributed by atoms with van der Waals surface area (Å²) >= 11 is 4.19. The maximum Gasteiger partial charge on any atom is 0.0598 e. The Bertz CT molecular complexity index is 180. The molecule has 1 heterocycles. The van der Waals surface area contributed by atoms with Gasteiger partial charge in [0.15, 0.2) is 0 Å². The molecule has 1 fully saturated rings. The predicted molar refractivity (Wildman–Crippen MR) is 70.0 cm³/mol. The summed E-state index contributed by atoms with van der Waals surface area (Å²) in [5, 5.41) is 0. The van der Waals surface area contributed by atoms with Crippen LogP contribution < -0.4 is 5.73 Å². The molecule has 0 aromatic rings. The van der Waals surface area contributed by atoms with Gasteiger partial charge in [-0.05, 0) is 36.7 Å². The summed E-state index contributed by atoms with van der Waals surface area (Å²) in [6.45, 7) is 9.06. The Morgan fingerprint density at radius 1 is 1.29 bits per heavy atom. The highest BCUT2D eigenvalue weighted by atomic mass is 32.2. The second-order valence-corrected chi connectivity index (χ2v) is 8.82. The summed E-state index contributed by atoms with van der Waals surface area (Å²) < 4.78 is 0.366. The minimum atomic E-state index is 0.238. The van der Waals surface area contributed by atoms with Gasteiger partial charge in [-0.25, -0.2) is 0 Å². The number of thioether (sulfide) groups is 2. The summed E-state index contributed by atoms with van der Waals surface area (Å²) in [5.41, 5.74) is 6.48. The summed E-state index contributed by atoms with van der Waals surface area (Å²) in [5.74, 6) is 2.61. The fourth-order valence-corrected chi connectivity index (χ4v) is 4.55. The Morgan fingerprint density at radius 3 is 2.21 bits per heavy atom. The topological polar surface area (TPSA) is 26.0 Å². The van der Waals surface area contributed by atoms with Gasteiger partial charge in [0.05, 0.1) is 4.08 Å². The van der Waals surface area contributed by atoms with E-state index < -0.39 is 0 Å². The molecule has 0 spiro atoms. The molecular weight excluding hydrogens is 210 g/mol. The van der Waals surface area contributed by atoms with E-state index in [1.54, 1.807) is 0 Å². The van der Waals surface area contributed by atoms with Gasteiger partial charge in [-0.2, -0.15) is 0 Å². The highest BCUT2D eigenvalue weighted by Gasteiger charge is 2.34. The predicted octanol–water partition coefficient (Wildman–Crippen LogP) is 3.34. The van der Waals surface area contributed by atoms with Crippen LogP contribution in [0.25, 0.3) is 0 Å². The van der Waals surface area contributed by atoms with Crippen LogP contribution in [0.15, 0.2) is 0 Å². The quantitative estimate of drug-likeness (QED) is 0.792. The van der Waals surface area contributed by atoms with Crippen LogP contribution >= 0.6 is 23.5 Å². The third kappa shape index (κ3) is 3.67. The van der Waals surface area contributed by atoms with Crippen molar-refractivity contribution >= 4 is 23.5 Å². The van der Waals surface area contributed by atoms with Gasteiger partial charge >= 0.3 is 0 Å². The molecule has 0 amide bonds.